The van der Waals surface area contributed by atoms with E-state index in [0.29, 0.717) is 17.6 Å². The molecule has 0 radical (unpaired) electrons. The van der Waals surface area contributed by atoms with Gasteiger partial charge in [-0.1, -0.05) is 39.5 Å². The van der Waals surface area contributed by atoms with Gasteiger partial charge in [0.25, 0.3) is 5.56 Å². The minimum absolute atomic E-state index is 0.0594. The topological polar surface area (TPSA) is 64.0 Å². The van der Waals surface area contributed by atoms with Crippen LogP contribution in [0.1, 0.15) is 51.0 Å². The molecule has 2 aromatic rings. The van der Waals surface area contributed by atoms with Gasteiger partial charge in [-0.3, -0.25) is 14.2 Å². The fourth-order valence-corrected chi connectivity index (χ4v) is 5.95. The lowest BCUT2D eigenvalue weighted by atomic mass is 9.72. The summed E-state index contributed by atoms with van der Waals surface area (Å²) in [4.78, 5) is 31.9. The quantitative estimate of drug-likeness (QED) is 0.604. The van der Waals surface area contributed by atoms with Gasteiger partial charge in [0, 0.05) is 18.5 Å². The Morgan fingerprint density at radius 2 is 2.15 bits per heavy atom. The lowest BCUT2D eigenvalue weighted by molar-refractivity contribution is -0.118. The van der Waals surface area contributed by atoms with Crippen LogP contribution in [-0.2, 0) is 24.2 Å². The van der Waals surface area contributed by atoms with Gasteiger partial charge in [0.05, 0.1) is 11.1 Å². The molecular weight excluding hydrogens is 378 g/mol. The normalized spacial score (nSPS) is 17.1. The number of rotatable bonds is 5. The van der Waals surface area contributed by atoms with Crippen LogP contribution in [0.25, 0.3) is 10.2 Å². The highest BCUT2D eigenvalue weighted by Crippen LogP contribution is 2.42. The first-order valence-electron chi connectivity index (χ1n) is 9.64. The first-order valence-corrected chi connectivity index (χ1v) is 11.4. The predicted molar refractivity (Wildman–Crippen MR) is 114 cm³/mol. The Kier molecular flexibility index (Phi) is 6.01. The molecule has 2 aromatic heterocycles. The zero-order valence-corrected chi connectivity index (χ0v) is 18.5. The SMILES string of the molecule is CCCn1c(SCC(=O)NC)nc2sc3c(c2c1=O)CC[C@@H](C(C)(C)C)C3. The number of thiophene rings is 1. The number of amides is 1. The standard InChI is InChI=1S/C20H29N3O2S2/c1-6-9-23-18(25)16-13-8-7-12(20(2,3)4)10-14(13)27-17(16)22-19(23)26-11-15(24)21-5/h12H,6-11H2,1-5H3,(H,21,24)/t12-/m1/s1. The second-order valence-corrected chi connectivity index (χ2v) is 10.3. The van der Waals surface area contributed by atoms with E-state index in [-0.39, 0.29) is 22.6 Å². The van der Waals surface area contributed by atoms with Crippen molar-refractivity contribution >= 4 is 39.2 Å². The van der Waals surface area contributed by atoms with Crippen molar-refractivity contribution in [3.05, 3.63) is 20.8 Å². The fourth-order valence-electron chi connectivity index (χ4n) is 3.71. The van der Waals surface area contributed by atoms with E-state index >= 15 is 0 Å². The number of thioether (sulfide) groups is 1. The van der Waals surface area contributed by atoms with Gasteiger partial charge in [-0.2, -0.15) is 0 Å². The highest BCUT2D eigenvalue weighted by molar-refractivity contribution is 7.99. The van der Waals surface area contributed by atoms with Gasteiger partial charge in [0.1, 0.15) is 4.83 Å². The molecular formula is C20H29N3O2S2. The monoisotopic (exact) mass is 407 g/mol. The predicted octanol–water partition coefficient (Wildman–Crippen LogP) is 3.86. The van der Waals surface area contributed by atoms with Crippen LogP contribution >= 0.6 is 23.1 Å². The van der Waals surface area contributed by atoms with Crippen molar-refractivity contribution in [2.24, 2.45) is 11.3 Å². The second-order valence-electron chi connectivity index (χ2n) is 8.30. The molecule has 0 saturated heterocycles. The molecule has 0 bridgehead atoms. The summed E-state index contributed by atoms with van der Waals surface area (Å²) in [6, 6.07) is 0. The van der Waals surface area contributed by atoms with Crippen LogP contribution in [0.15, 0.2) is 9.95 Å². The molecule has 2 heterocycles. The molecule has 0 fully saturated rings. The van der Waals surface area contributed by atoms with E-state index in [1.807, 2.05) is 0 Å². The zero-order valence-electron chi connectivity index (χ0n) is 16.8. The van der Waals surface area contributed by atoms with E-state index in [1.54, 1.807) is 23.0 Å². The molecule has 27 heavy (non-hydrogen) atoms. The number of aromatic nitrogens is 2. The molecule has 7 heteroatoms. The number of nitrogens with zero attached hydrogens (tertiary/aromatic N) is 2. The van der Waals surface area contributed by atoms with E-state index < -0.39 is 0 Å². The first kappa shape index (κ1) is 20.4. The van der Waals surface area contributed by atoms with Crippen LogP contribution in [0.3, 0.4) is 0 Å². The number of hydrogen-bond donors (Lipinski definition) is 1. The van der Waals surface area contributed by atoms with Gasteiger partial charge in [0.2, 0.25) is 5.91 Å². The van der Waals surface area contributed by atoms with Crippen molar-refractivity contribution in [1.29, 1.82) is 0 Å². The molecule has 0 spiro atoms. The number of aryl methyl sites for hydroxylation is 1. The molecule has 1 amide bonds. The number of nitrogens with one attached hydrogen (secondary N) is 1. The summed E-state index contributed by atoms with van der Waals surface area (Å²) in [5.41, 5.74) is 1.56. The average Bonchev–Trinajstić information content (AvgIpc) is 2.99. The summed E-state index contributed by atoms with van der Waals surface area (Å²) < 4.78 is 1.76. The Hall–Kier alpha value is -1.34. The highest BCUT2D eigenvalue weighted by Gasteiger charge is 2.32. The van der Waals surface area contributed by atoms with Crippen LogP contribution in [0.4, 0.5) is 0 Å². The molecule has 0 aliphatic heterocycles. The van der Waals surface area contributed by atoms with Crippen LogP contribution in [0.5, 0.6) is 0 Å². The van der Waals surface area contributed by atoms with E-state index in [1.165, 1.54) is 22.2 Å². The highest BCUT2D eigenvalue weighted by atomic mass is 32.2. The maximum absolute atomic E-state index is 13.3. The smallest absolute Gasteiger partial charge is 0.263 e. The lowest BCUT2D eigenvalue weighted by Crippen LogP contribution is -2.27. The Morgan fingerprint density at radius 1 is 1.41 bits per heavy atom. The molecule has 1 aliphatic carbocycles. The Bertz CT molecular complexity index is 909. The van der Waals surface area contributed by atoms with Gasteiger partial charge in [-0.15, -0.1) is 11.3 Å². The first-order chi connectivity index (χ1) is 12.8. The number of fused-ring (bicyclic) bond motifs is 3. The largest absolute Gasteiger partial charge is 0.358 e. The molecule has 1 N–H and O–H groups in total. The third kappa shape index (κ3) is 4.09. The van der Waals surface area contributed by atoms with E-state index in [4.69, 9.17) is 4.98 Å². The van der Waals surface area contributed by atoms with Crippen molar-refractivity contribution in [2.75, 3.05) is 12.8 Å². The molecule has 0 aromatic carbocycles. The van der Waals surface area contributed by atoms with Gasteiger partial charge >= 0.3 is 0 Å². The van der Waals surface area contributed by atoms with Gasteiger partial charge in [0.15, 0.2) is 5.16 Å². The average molecular weight is 408 g/mol. The molecule has 3 rings (SSSR count). The molecule has 148 valence electrons. The number of carbonyl (C=O) groups excluding carboxylic acids is 1. The van der Waals surface area contributed by atoms with E-state index in [9.17, 15) is 9.59 Å². The third-order valence-electron chi connectivity index (χ3n) is 5.42. The molecule has 1 atom stereocenters. The van der Waals surface area contributed by atoms with Crippen LogP contribution in [0.2, 0.25) is 0 Å². The lowest BCUT2D eigenvalue weighted by Gasteiger charge is -2.33. The van der Waals surface area contributed by atoms with Crippen molar-refractivity contribution in [1.82, 2.24) is 14.9 Å². The third-order valence-corrected chi connectivity index (χ3v) is 7.54. The maximum atomic E-state index is 13.3. The van der Waals surface area contributed by atoms with Crippen LogP contribution in [0, 0.1) is 11.3 Å². The Labute approximate surface area is 169 Å². The summed E-state index contributed by atoms with van der Waals surface area (Å²) in [5.74, 6) is 0.851. The summed E-state index contributed by atoms with van der Waals surface area (Å²) in [6.45, 7) is 9.59. The van der Waals surface area contributed by atoms with Gasteiger partial charge in [-0.25, -0.2) is 4.98 Å². The Balaban J connectivity index is 2.06. The minimum Gasteiger partial charge on any atom is -0.358 e. The zero-order chi connectivity index (χ0) is 19.8. The van der Waals surface area contributed by atoms with Gasteiger partial charge in [-0.05, 0) is 42.6 Å². The minimum atomic E-state index is -0.0594. The molecule has 0 saturated carbocycles. The number of hydrogen-bond acceptors (Lipinski definition) is 5. The fraction of sp³-hybridized carbons (Fsp3) is 0.650. The van der Waals surface area contributed by atoms with Crippen molar-refractivity contribution in [3.8, 4) is 0 Å². The number of carbonyl (C=O) groups is 1. The summed E-state index contributed by atoms with van der Waals surface area (Å²) in [6.07, 6.45) is 3.99. The molecule has 0 unspecified atom stereocenters. The van der Waals surface area contributed by atoms with E-state index in [0.717, 1.165) is 35.9 Å². The van der Waals surface area contributed by atoms with Crippen LogP contribution in [-0.4, -0.2) is 28.3 Å². The Morgan fingerprint density at radius 3 is 2.78 bits per heavy atom. The van der Waals surface area contributed by atoms with Crippen LogP contribution < -0.4 is 10.9 Å². The summed E-state index contributed by atoms with van der Waals surface area (Å²) in [7, 11) is 1.62. The summed E-state index contributed by atoms with van der Waals surface area (Å²) >= 11 is 3.02. The second kappa shape index (κ2) is 7.95. The van der Waals surface area contributed by atoms with E-state index in [2.05, 4.69) is 33.0 Å². The van der Waals surface area contributed by atoms with Crippen molar-refractivity contribution < 1.29 is 4.79 Å². The van der Waals surface area contributed by atoms with Gasteiger partial charge < -0.3 is 5.32 Å². The maximum Gasteiger partial charge on any atom is 0.263 e. The van der Waals surface area contributed by atoms with Crippen molar-refractivity contribution in [2.45, 2.75) is 65.1 Å². The molecule has 5 nitrogen and oxygen atoms in total. The molecule has 1 aliphatic rings. The van der Waals surface area contributed by atoms with Crippen molar-refractivity contribution in [3.63, 3.8) is 0 Å². The summed E-state index contributed by atoms with van der Waals surface area (Å²) in [5, 5.41) is 4.10.